The molecule has 3 fully saturated rings. The lowest BCUT2D eigenvalue weighted by Gasteiger charge is -2.40. The molecule has 2 bridgehead atoms. The Morgan fingerprint density at radius 2 is 1.92 bits per heavy atom. The maximum Gasteiger partial charge on any atom is 0.203 e. The number of guanidine groups is 1. The molecular formula is C9H18N4. The van der Waals surface area contributed by atoms with E-state index in [1.807, 2.05) is 0 Å². The number of fused-ring (bicyclic) bond motifs is 3. The molecule has 0 aromatic rings. The summed E-state index contributed by atoms with van der Waals surface area (Å²) in [5.74, 6) is 7.22. The lowest BCUT2D eigenvalue weighted by Crippen LogP contribution is -2.41. The molecule has 13 heavy (non-hydrogen) atoms. The highest BCUT2D eigenvalue weighted by Gasteiger charge is 2.35. The van der Waals surface area contributed by atoms with Crippen LogP contribution in [0.4, 0.5) is 0 Å². The minimum atomic E-state index is 0.387. The molecule has 4 nitrogen and oxygen atoms in total. The summed E-state index contributed by atoms with van der Waals surface area (Å²) >= 11 is 0. The molecule has 0 aromatic carbocycles. The number of nitrogens with one attached hydrogen (secondary N) is 1. The molecule has 0 amide bonds. The first-order valence-electron chi connectivity index (χ1n) is 5.09. The summed E-state index contributed by atoms with van der Waals surface area (Å²) in [6.45, 7) is 0. The highest BCUT2D eigenvalue weighted by Crippen LogP contribution is 2.42. The fourth-order valence-electron chi connectivity index (χ4n) is 2.72. The Labute approximate surface area is 78.7 Å². The third-order valence-corrected chi connectivity index (χ3v) is 3.46. The fraction of sp³-hybridized carbons (Fsp3) is 0.889. The normalized spacial score (nSPS) is 39.2. The van der Waals surface area contributed by atoms with Gasteiger partial charge in [-0.05, 0) is 31.1 Å². The van der Waals surface area contributed by atoms with Gasteiger partial charge >= 0.3 is 0 Å². The Kier molecular flexibility index (Phi) is 2.40. The molecule has 0 aromatic heterocycles. The van der Waals surface area contributed by atoms with E-state index in [0.717, 1.165) is 11.8 Å². The molecule has 4 heteroatoms. The first-order chi connectivity index (χ1) is 6.29. The predicted octanol–water partition coefficient (Wildman–Crippen LogP) is 0.343. The van der Waals surface area contributed by atoms with Gasteiger partial charge in [-0.15, -0.1) is 0 Å². The van der Waals surface area contributed by atoms with Crippen molar-refractivity contribution >= 4 is 5.96 Å². The Bertz CT molecular complexity index is 206. The van der Waals surface area contributed by atoms with E-state index in [2.05, 4.69) is 10.4 Å². The lowest BCUT2D eigenvalue weighted by atomic mass is 9.68. The van der Waals surface area contributed by atoms with Crippen molar-refractivity contribution in [3.8, 4) is 0 Å². The topological polar surface area (TPSA) is 76.4 Å². The molecule has 0 spiro atoms. The Morgan fingerprint density at radius 1 is 1.23 bits per heavy atom. The zero-order chi connectivity index (χ0) is 9.26. The number of hydrogen-bond donors (Lipinski definition) is 3. The molecule has 0 aliphatic heterocycles. The van der Waals surface area contributed by atoms with E-state index in [1.165, 1.54) is 32.1 Å². The summed E-state index contributed by atoms with van der Waals surface area (Å²) in [5.41, 5.74) is 7.95. The number of hydrogen-bond acceptors (Lipinski definition) is 2. The summed E-state index contributed by atoms with van der Waals surface area (Å²) in [6, 6.07) is 0.434. The Morgan fingerprint density at radius 3 is 2.38 bits per heavy atom. The molecule has 5 N–H and O–H groups in total. The van der Waals surface area contributed by atoms with E-state index in [1.54, 1.807) is 0 Å². The van der Waals surface area contributed by atoms with Crippen molar-refractivity contribution in [3.05, 3.63) is 0 Å². The van der Waals surface area contributed by atoms with Gasteiger partial charge in [0.25, 0.3) is 0 Å². The third-order valence-electron chi connectivity index (χ3n) is 3.46. The van der Waals surface area contributed by atoms with Gasteiger partial charge in [0, 0.05) is 0 Å². The van der Waals surface area contributed by atoms with Crippen molar-refractivity contribution in [3.63, 3.8) is 0 Å². The van der Waals surface area contributed by atoms with E-state index in [-0.39, 0.29) is 0 Å². The number of nitrogens with two attached hydrogens (primary N) is 2. The van der Waals surface area contributed by atoms with E-state index in [0.29, 0.717) is 12.0 Å². The second-order valence-corrected chi connectivity index (χ2v) is 4.24. The third kappa shape index (κ3) is 1.77. The van der Waals surface area contributed by atoms with Gasteiger partial charge in [0.05, 0.1) is 6.04 Å². The van der Waals surface area contributed by atoms with Gasteiger partial charge in [0.15, 0.2) is 0 Å². The summed E-state index contributed by atoms with van der Waals surface area (Å²) in [6.07, 6.45) is 6.67. The minimum absolute atomic E-state index is 0.387. The first kappa shape index (κ1) is 8.81. The van der Waals surface area contributed by atoms with Gasteiger partial charge in [0.1, 0.15) is 0 Å². The molecule has 3 saturated carbocycles. The van der Waals surface area contributed by atoms with Crippen LogP contribution in [0.3, 0.4) is 0 Å². The van der Waals surface area contributed by atoms with Crippen LogP contribution in [0.1, 0.15) is 32.1 Å². The molecule has 1 unspecified atom stereocenters. The first-order valence-corrected chi connectivity index (χ1v) is 5.09. The Balaban J connectivity index is 2.01. The molecular weight excluding hydrogens is 164 g/mol. The van der Waals surface area contributed by atoms with Crippen LogP contribution in [-0.4, -0.2) is 12.0 Å². The van der Waals surface area contributed by atoms with E-state index >= 15 is 0 Å². The average Bonchev–Trinajstić information content (AvgIpc) is 2.19. The quantitative estimate of drug-likeness (QED) is 0.237. The number of nitrogens with zero attached hydrogens (tertiary/aromatic N) is 1. The van der Waals surface area contributed by atoms with Crippen LogP contribution >= 0.6 is 0 Å². The van der Waals surface area contributed by atoms with Crippen LogP contribution in [0.2, 0.25) is 0 Å². The summed E-state index contributed by atoms with van der Waals surface area (Å²) in [4.78, 5) is 4.40. The molecule has 0 radical (unpaired) electrons. The summed E-state index contributed by atoms with van der Waals surface area (Å²) < 4.78 is 0. The molecule has 3 aliphatic carbocycles. The highest BCUT2D eigenvalue weighted by molar-refractivity contribution is 5.77. The SMILES string of the molecule is NNC(N)=NC1CC2CCC1CC2. The van der Waals surface area contributed by atoms with Crippen molar-refractivity contribution in [1.82, 2.24) is 5.43 Å². The average molecular weight is 182 g/mol. The van der Waals surface area contributed by atoms with Gasteiger partial charge < -0.3 is 5.73 Å². The van der Waals surface area contributed by atoms with Crippen molar-refractivity contribution in [2.75, 3.05) is 0 Å². The van der Waals surface area contributed by atoms with Crippen LogP contribution in [0, 0.1) is 11.8 Å². The van der Waals surface area contributed by atoms with Gasteiger partial charge in [-0.1, -0.05) is 12.8 Å². The predicted molar refractivity (Wildman–Crippen MR) is 52.8 cm³/mol. The van der Waals surface area contributed by atoms with Crippen molar-refractivity contribution < 1.29 is 0 Å². The molecule has 0 heterocycles. The molecule has 1 atom stereocenters. The number of hydrazine groups is 1. The smallest absolute Gasteiger partial charge is 0.203 e. The molecule has 3 rings (SSSR count). The highest BCUT2D eigenvalue weighted by atomic mass is 15.3. The summed E-state index contributed by atoms with van der Waals surface area (Å²) in [5, 5.41) is 0. The zero-order valence-corrected chi connectivity index (χ0v) is 7.87. The van der Waals surface area contributed by atoms with Gasteiger partial charge in [-0.2, -0.15) is 0 Å². The van der Waals surface area contributed by atoms with E-state index < -0.39 is 0 Å². The zero-order valence-electron chi connectivity index (χ0n) is 7.87. The fourth-order valence-corrected chi connectivity index (χ4v) is 2.72. The van der Waals surface area contributed by atoms with E-state index in [9.17, 15) is 0 Å². The maximum atomic E-state index is 5.55. The monoisotopic (exact) mass is 182 g/mol. The number of rotatable bonds is 1. The molecule has 3 aliphatic rings. The van der Waals surface area contributed by atoms with Crippen LogP contribution in [-0.2, 0) is 0 Å². The van der Waals surface area contributed by atoms with Crippen LogP contribution in [0.25, 0.3) is 0 Å². The van der Waals surface area contributed by atoms with Gasteiger partial charge in [-0.3, -0.25) is 5.43 Å². The van der Waals surface area contributed by atoms with Crippen molar-refractivity contribution in [2.24, 2.45) is 28.4 Å². The van der Waals surface area contributed by atoms with Crippen molar-refractivity contribution in [2.45, 2.75) is 38.1 Å². The Hall–Kier alpha value is -0.770. The summed E-state index contributed by atoms with van der Waals surface area (Å²) in [7, 11) is 0. The largest absolute Gasteiger partial charge is 0.369 e. The van der Waals surface area contributed by atoms with E-state index in [4.69, 9.17) is 11.6 Å². The molecule has 0 saturated heterocycles. The van der Waals surface area contributed by atoms with Crippen LogP contribution < -0.4 is 17.0 Å². The second-order valence-electron chi connectivity index (χ2n) is 4.24. The van der Waals surface area contributed by atoms with Crippen molar-refractivity contribution in [1.29, 1.82) is 0 Å². The second kappa shape index (κ2) is 3.54. The minimum Gasteiger partial charge on any atom is -0.369 e. The maximum absolute atomic E-state index is 5.55. The van der Waals surface area contributed by atoms with Crippen LogP contribution in [0.5, 0.6) is 0 Å². The number of aliphatic imine (C=N–C) groups is 1. The van der Waals surface area contributed by atoms with Crippen LogP contribution in [0.15, 0.2) is 4.99 Å². The lowest BCUT2D eigenvalue weighted by molar-refractivity contribution is 0.148. The molecule has 74 valence electrons. The standard InChI is InChI=1S/C9H18N4/c10-9(13-11)12-8-5-6-1-3-7(8)4-2-6/h6-8H,1-5,11H2,(H3,10,12,13). The van der Waals surface area contributed by atoms with Gasteiger partial charge in [-0.25, -0.2) is 10.8 Å². The van der Waals surface area contributed by atoms with Gasteiger partial charge in [0.2, 0.25) is 5.96 Å².